The molecule has 0 amide bonds. The average Bonchev–Trinajstić information content (AvgIpc) is 2.46. The van der Waals surface area contributed by atoms with Crippen LogP contribution in [0.2, 0.25) is 5.02 Å². The van der Waals surface area contributed by atoms with Crippen LogP contribution in [-0.4, -0.2) is 19.3 Å². The Labute approximate surface area is 131 Å². The van der Waals surface area contributed by atoms with Crippen LogP contribution in [0.15, 0.2) is 40.9 Å². The van der Waals surface area contributed by atoms with Gasteiger partial charge in [0, 0.05) is 21.1 Å². The number of benzene rings is 2. The minimum Gasteiger partial charge on any atom is -0.497 e. The van der Waals surface area contributed by atoms with Crippen LogP contribution in [0, 0.1) is 0 Å². The third-order valence-corrected chi connectivity index (χ3v) is 3.91. The number of rotatable bonds is 4. The van der Waals surface area contributed by atoms with Crippen molar-refractivity contribution in [1.29, 1.82) is 0 Å². The summed E-state index contributed by atoms with van der Waals surface area (Å²) in [6, 6.07) is 10.6. The van der Waals surface area contributed by atoms with E-state index in [1.54, 1.807) is 50.6 Å². The van der Waals surface area contributed by atoms with Crippen molar-refractivity contribution in [3.05, 3.63) is 57.0 Å². The lowest BCUT2D eigenvalue weighted by Crippen LogP contribution is -2.03. The zero-order valence-corrected chi connectivity index (χ0v) is 13.4. The second-order valence-electron chi connectivity index (χ2n) is 4.18. The van der Waals surface area contributed by atoms with Crippen LogP contribution in [-0.2, 0) is 0 Å². The fraction of sp³-hybridized carbons (Fsp3) is 0.200. The standard InChI is InChI=1S/C15H14BrClO3/c1-19-10-4-6-12(14(8-10)20-2)15(18)11-5-3-9(17)7-13(11)16/h3-8,15,18H,1-2H3. The van der Waals surface area contributed by atoms with Crippen LogP contribution in [0.25, 0.3) is 0 Å². The largest absolute Gasteiger partial charge is 0.497 e. The minimum atomic E-state index is -0.817. The van der Waals surface area contributed by atoms with Crippen molar-refractivity contribution in [3.8, 4) is 11.5 Å². The monoisotopic (exact) mass is 356 g/mol. The van der Waals surface area contributed by atoms with Crippen molar-refractivity contribution in [1.82, 2.24) is 0 Å². The van der Waals surface area contributed by atoms with E-state index in [0.717, 1.165) is 10.0 Å². The van der Waals surface area contributed by atoms with Gasteiger partial charge in [0.05, 0.1) is 14.2 Å². The third kappa shape index (κ3) is 3.08. The summed E-state index contributed by atoms with van der Waals surface area (Å²) in [7, 11) is 3.14. The number of hydrogen-bond acceptors (Lipinski definition) is 3. The van der Waals surface area contributed by atoms with Gasteiger partial charge in [0.1, 0.15) is 17.6 Å². The molecule has 0 spiro atoms. The Morgan fingerprint density at radius 2 is 1.75 bits per heavy atom. The van der Waals surface area contributed by atoms with Crippen LogP contribution in [0.1, 0.15) is 17.2 Å². The second kappa shape index (κ2) is 6.48. The lowest BCUT2D eigenvalue weighted by atomic mass is 10.0. The molecule has 0 aliphatic carbocycles. The van der Waals surface area contributed by atoms with E-state index < -0.39 is 6.10 Å². The van der Waals surface area contributed by atoms with E-state index in [2.05, 4.69) is 15.9 Å². The highest BCUT2D eigenvalue weighted by Crippen LogP contribution is 2.36. The maximum Gasteiger partial charge on any atom is 0.128 e. The number of halogens is 2. The number of ether oxygens (including phenoxy) is 2. The zero-order chi connectivity index (χ0) is 14.7. The van der Waals surface area contributed by atoms with E-state index >= 15 is 0 Å². The molecular formula is C15H14BrClO3. The van der Waals surface area contributed by atoms with E-state index in [-0.39, 0.29) is 0 Å². The number of hydrogen-bond donors (Lipinski definition) is 1. The molecule has 2 rings (SSSR count). The number of aliphatic hydroxyl groups is 1. The van der Waals surface area contributed by atoms with Gasteiger partial charge in [0.15, 0.2) is 0 Å². The Balaban J connectivity index is 2.44. The molecule has 0 fully saturated rings. The molecule has 0 radical (unpaired) electrons. The Hall–Kier alpha value is -1.23. The molecule has 20 heavy (non-hydrogen) atoms. The highest BCUT2D eigenvalue weighted by molar-refractivity contribution is 9.10. The van der Waals surface area contributed by atoms with Crippen molar-refractivity contribution in [3.63, 3.8) is 0 Å². The first-order valence-electron chi connectivity index (χ1n) is 5.91. The van der Waals surface area contributed by atoms with Gasteiger partial charge in [-0.3, -0.25) is 0 Å². The fourth-order valence-corrected chi connectivity index (χ4v) is 2.83. The highest BCUT2D eigenvalue weighted by Gasteiger charge is 2.18. The molecule has 5 heteroatoms. The molecular weight excluding hydrogens is 344 g/mol. The number of methoxy groups -OCH3 is 2. The van der Waals surface area contributed by atoms with Gasteiger partial charge in [-0.05, 0) is 29.8 Å². The van der Waals surface area contributed by atoms with E-state index in [4.69, 9.17) is 21.1 Å². The van der Waals surface area contributed by atoms with Crippen molar-refractivity contribution in [2.45, 2.75) is 6.10 Å². The third-order valence-electron chi connectivity index (χ3n) is 2.99. The van der Waals surface area contributed by atoms with E-state index in [1.165, 1.54) is 0 Å². The summed E-state index contributed by atoms with van der Waals surface area (Å²) in [6.45, 7) is 0. The van der Waals surface area contributed by atoms with Crippen molar-refractivity contribution < 1.29 is 14.6 Å². The average molecular weight is 358 g/mol. The maximum absolute atomic E-state index is 10.5. The Kier molecular flexibility index (Phi) is 4.91. The van der Waals surface area contributed by atoms with Crippen LogP contribution in [0.5, 0.6) is 11.5 Å². The van der Waals surface area contributed by atoms with Crippen molar-refractivity contribution in [2.75, 3.05) is 14.2 Å². The predicted octanol–water partition coefficient (Wildman–Crippen LogP) is 4.20. The summed E-state index contributed by atoms with van der Waals surface area (Å²) in [5, 5.41) is 11.2. The van der Waals surface area contributed by atoms with Crippen molar-refractivity contribution in [2.24, 2.45) is 0 Å². The van der Waals surface area contributed by atoms with Crippen LogP contribution < -0.4 is 9.47 Å². The van der Waals surface area contributed by atoms with E-state index in [9.17, 15) is 5.11 Å². The topological polar surface area (TPSA) is 38.7 Å². The Morgan fingerprint density at radius 1 is 1.05 bits per heavy atom. The van der Waals surface area contributed by atoms with Crippen LogP contribution >= 0.6 is 27.5 Å². The van der Waals surface area contributed by atoms with E-state index in [1.807, 2.05) is 0 Å². The van der Waals surface area contributed by atoms with Gasteiger partial charge in [-0.15, -0.1) is 0 Å². The molecule has 0 saturated heterocycles. The molecule has 0 bridgehead atoms. The van der Waals surface area contributed by atoms with E-state index in [0.29, 0.717) is 22.1 Å². The quantitative estimate of drug-likeness (QED) is 0.891. The van der Waals surface area contributed by atoms with Gasteiger partial charge in [0.2, 0.25) is 0 Å². The molecule has 1 unspecified atom stereocenters. The predicted molar refractivity (Wildman–Crippen MR) is 82.8 cm³/mol. The second-order valence-corrected chi connectivity index (χ2v) is 5.47. The zero-order valence-electron chi connectivity index (χ0n) is 11.1. The fourth-order valence-electron chi connectivity index (χ4n) is 1.94. The Bertz CT molecular complexity index is 616. The van der Waals surface area contributed by atoms with Gasteiger partial charge in [-0.25, -0.2) is 0 Å². The highest BCUT2D eigenvalue weighted by atomic mass is 79.9. The first kappa shape index (κ1) is 15.2. The van der Waals surface area contributed by atoms with Crippen molar-refractivity contribution >= 4 is 27.5 Å². The van der Waals surface area contributed by atoms with Gasteiger partial charge in [0.25, 0.3) is 0 Å². The molecule has 2 aromatic carbocycles. The van der Waals surface area contributed by atoms with Gasteiger partial charge >= 0.3 is 0 Å². The minimum absolute atomic E-state index is 0.568. The molecule has 0 aromatic heterocycles. The summed E-state index contributed by atoms with van der Waals surface area (Å²) >= 11 is 9.32. The van der Waals surface area contributed by atoms with Gasteiger partial charge in [-0.1, -0.05) is 33.6 Å². The maximum atomic E-state index is 10.5. The SMILES string of the molecule is COc1ccc(C(O)c2ccc(Cl)cc2Br)c(OC)c1. The summed E-state index contributed by atoms with van der Waals surface area (Å²) in [4.78, 5) is 0. The Morgan fingerprint density at radius 3 is 2.35 bits per heavy atom. The lowest BCUT2D eigenvalue weighted by molar-refractivity contribution is 0.213. The summed E-state index contributed by atoms with van der Waals surface area (Å²) in [5.41, 5.74) is 1.38. The number of aliphatic hydroxyl groups excluding tert-OH is 1. The molecule has 3 nitrogen and oxygen atoms in total. The van der Waals surface area contributed by atoms with Gasteiger partial charge < -0.3 is 14.6 Å². The summed E-state index contributed by atoms with van der Waals surface area (Å²) < 4.78 is 11.2. The first-order chi connectivity index (χ1) is 9.56. The normalized spacial score (nSPS) is 12.1. The lowest BCUT2D eigenvalue weighted by Gasteiger charge is -2.17. The molecule has 1 atom stereocenters. The molecule has 1 N–H and O–H groups in total. The summed E-state index contributed by atoms with van der Waals surface area (Å²) in [6.07, 6.45) is -0.817. The molecule has 0 heterocycles. The molecule has 0 aliphatic heterocycles. The van der Waals surface area contributed by atoms with Crippen LogP contribution in [0.4, 0.5) is 0 Å². The molecule has 0 aliphatic rings. The molecule has 0 saturated carbocycles. The molecule has 106 valence electrons. The summed E-state index contributed by atoms with van der Waals surface area (Å²) in [5.74, 6) is 1.24. The van der Waals surface area contributed by atoms with Gasteiger partial charge in [-0.2, -0.15) is 0 Å². The first-order valence-corrected chi connectivity index (χ1v) is 7.09. The van der Waals surface area contributed by atoms with Crippen LogP contribution in [0.3, 0.4) is 0 Å². The smallest absolute Gasteiger partial charge is 0.128 e. The molecule has 2 aromatic rings.